The SMILES string of the molecule is C=CCCC(C)NC(C)c1ccc(C)s1. The Morgan fingerprint density at radius 2 is 2.20 bits per heavy atom. The highest BCUT2D eigenvalue weighted by Crippen LogP contribution is 2.22. The van der Waals surface area contributed by atoms with E-state index in [-0.39, 0.29) is 0 Å². The van der Waals surface area contributed by atoms with Gasteiger partial charge < -0.3 is 5.32 Å². The first-order valence-corrected chi connectivity index (χ1v) is 6.38. The Labute approximate surface area is 97.2 Å². The molecule has 0 aliphatic carbocycles. The van der Waals surface area contributed by atoms with Crippen LogP contribution in [0.25, 0.3) is 0 Å². The van der Waals surface area contributed by atoms with E-state index < -0.39 is 0 Å². The van der Waals surface area contributed by atoms with E-state index in [4.69, 9.17) is 0 Å². The molecule has 0 radical (unpaired) electrons. The summed E-state index contributed by atoms with van der Waals surface area (Å²) in [6.45, 7) is 10.4. The van der Waals surface area contributed by atoms with Crippen LogP contribution in [0.1, 0.15) is 42.5 Å². The topological polar surface area (TPSA) is 12.0 Å². The molecule has 0 spiro atoms. The molecular weight excluding hydrogens is 202 g/mol. The van der Waals surface area contributed by atoms with Gasteiger partial charge in [-0.1, -0.05) is 6.08 Å². The summed E-state index contributed by atoms with van der Waals surface area (Å²) in [5.74, 6) is 0. The maximum Gasteiger partial charge on any atom is 0.0388 e. The Kier molecular flexibility index (Phi) is 5.06. The zero-order valence-corrected chi connectivity index (χ0v) is 10.7. The summed E-state index contributed by atoms with van der Waals surface area (Å²) in [7, 11) is 0. The van der Waals surface area contributed by atoms with Crippen molar-refractivity contribution in [3.8, 4) is 0 Å². The monoisotopic (exact) mass is 223 g/mol. The molecular formula is C13H21NS. The third-order valence-corrected chi connectivity index (χ3v) is 3.71. The molecule has 1 aromatic heterocycles. The highest BCUT2D eigenvalue weighted by molar-refractivity contribution is 7.12. The summed E-state index contributed by atoms with van der Waals surface area (Å²) in [5.41, 5.74) is 0. The van der Waals surface area contributed by atoms with Crippen molar-refractivity contribution in [2.45, 2.75) is 45.7 Å². The molecule has 2 heteroatoms. The maximum atomic E-state index is 3.75. The van der Waals surface area contributed by atoms with Crippen LogP contribution in [-0.2, 0) is 0 Å². The van der Waals surface area contributed by atoms with Crippen LogP contribution in [0.5, 0.6) is 0 Å². The maximum absolute atomic E-state index is 3.75. The number of thiophene rings is 1. The van der Waals surface area contributed by atoms with Gasteiger partial charge in [-0.15, -0.1) is 17.9 Å². The van der Waals surface area contributed by atoms with Gasteiger partial charge >= 0.3 is 0 Å². The van der Waals surface area contributed by atoms with E-state index in [1.165, 1.54) is 9.75 Å². The highest BCUT2D eigenvalue weighted by Gasteiger charge is 2.10. The van der Waals surface area contributed by atoms with Crippen molar-refractivity contribution >= 4 is 11.3 Å². The van der Waals surface area contributed by atoms with Gasteiger partial charge in [-0.3, -0.25) is 0 Å². The summed E-state index contributed by atoms with van der Waals surface area (Å²) >= 11 is 1.88. The third-order valence-electron chi connectivity index (χ3n) is 2.53. The second kappa shape index (κ2) is 6.09. The summed E-state index contributed by atoms with van der Waals surface area (Å²) in [6.07, 6.45) is 4.24. The molecule has 1 heterocycles. The lowest BCUT2D eigenvalue weighted by molar-refractivity contribution is 0.463. The third kappa shape index (κ3) is 4.18. The quantitative estimate of drug-likeness (QED) is 0.717. The summed E-state index contributed by atoms with van der Waals surface area (Å²) in [5, 5.41) is 3.61. The summed E-state index contributed by atoms with van der Waals surface area (Å²) in [6, 6.07) is 5.42. The van der Waals surface area contributed by atoms with Crippen LogP contribution >= 0.6 is 11.3 Å². The van der Waals surface area contributed by atoms with Gasteiger partial charge in [0.25, 0.3) is 0 Å². The van der Waals surface area contributed by atoms with Crippen LogP contribution in [-0.4, -0.2) is 6.04 Å². The van der Waals surface area contributed by atoms with Crippen LogP contribution in [0.2, 0.25) is 0 Å². The van der Waals surface area contributed by atoms with Gasteiger partial charge in [0.1, 0.15) is 0 Å². The average molecular weight is 223 g/mol. The lowest BCUT2D eigenvalue weighted by atomic mass is 10.1. The van der Waals surface area contributed by atoms with Gasteiger partial charge in [0.05, 0.1) is 0 Å². The number of allylic oxidation sites excluding steroid dienone is 1. The number of hydrogen-bond acceptors (Lipinski definition) is 2. The second-order valence-corrected chi connectivity index (χ2v) is 5.42. The number of rotatable bonds is 6. The normalized spacial score (nSPS) is 14.9. The van der Waals surface area contributed by atoms with Crippen molar-refractivity contribution in [1.82, 2.24) is 5.32 Å². The average Bonchev–Trinajstić information content (AvgIpc) is 2.61. The van der Waals surface area contributed by atoms with E-state index in [2.05, 4.69) is 44.8 Å². The summed E-state index contributed by atoms with van der Waals surface area (Å²) in [4.78, 5) is 2.82. The van der Waals surface area contributed by atoms with Crippen LogP contribution in [0, 0.1) is 6.92 Å². The fourth-order valence-corrected chi connectivity index (χ4v) is 2.54. The molecule has 0 aliphatic rings. The van der Waals surface area contributed by atoms with Crippen LogP contribution in [0.15, 0.2) is 24.8 Å². The van der Waals surface area contributed by atoms with Gasteiger partial charge in [-0.05, 0) is 45.7 Å². The van der Waals surface area contributed by atoms with E-state index in [0.717, 1.165) is 12.8 Å². The molecule has 1 rings (SSSR count). The van der Waals surface area contributed by atoms with E-state index in [1.54, 1.807) is 0 Å². The molecule has 1 aromatic rings. The second-order valence-electron chi connectivity index (χ2n) is 4.10. The minimum atomic E-state index is 0.462. The number of nitrogens with one attached hydrogen (secondary N) is 1. The molecule has 2 atom stereocenters. The molecule has 1 N–H and O–H groups in total. The molecule has 2 unspecified atom stereocenters. The molecule has 0 fully saturated rings. The first-order valence-electron chi connectivity index (χ1n) is 5.56. The van der Waals surface area contributed by atoms with Gasteiger partial charge in [0.15, 0.2) is 0 Å². The van der Waals surface area contributed by atoms with Crippen LogP contribution in [0.4, 0.5) is 0 Å². The largest absolute Gasteiger partial charge is 0.307 e. The zero-order chi connectivity index (χ0) is 11.3. The molecule has 1 nitrogen and oxygen atoms in total. The van der Waals surface area contributed by atoms with E-state index in [1.807, 2.05) is 17.4 Å². The zero-order valence-electron chi connectivity index (χ0n) is 9.92. The smallest absolute Gasteiger partial charge is 0.0388 e. The van der Waals surface area contributed by atoms with Gasteiger partial charge in [-0.25, -0.2) is 0 Å². The van der Waals surface area contributed by atoms with Crippen molar-refractivity contribution in [2.75, 3.05) is 0 Å². The molecule has 0 aliphatic heterocycles. The lowest BCUT2D eigenvalue weighted by Crippen LogP contribution is -2.28. The Bertz CT molecular complexity index is 303. The van der Waals surface area contributed by atoms with Crippen molar-refractivity contribution in [2.24, 2.45) is 0 Å². The molecule has 0 saturated heterocycles. The Morgan fingerprint density at radius 3 is 2.73 bits per heavy atom. The first-order chi connectivity index (χ1) is 7.13. The number of aryl methyl sites for hydroxylation is 1. The standard InChI is InChI=1S/C13H21NS/c1-5-6-7-10(2)14-12(4)13-9-8-11(3)15-13/h5,8-10,12,14H,1,6-7H2,2-4H3. The Balaban J connectivity index is 2.41. The predicted octanol–water partition coefficient (Wildman–Crippen LogP) is 4.06. The van der Waals surface area contributed by atoms with Crippen LogP contribution in [0.3, 0.4) is 0 Å². The molecule has 0 aromatic carbocycles. The van der Waals surface area contributed by atoms with Crippen molar-refractivity contribution in [1.29, 1.82) is 0 Å². The van der Waals surface area contributed by atoms with Gasteiger partial charge in [0.2, 0.25) is 0 Å². The lowest BCUT2D eigenvalue weighted by Gasteiger charge is -2.18. The predicted molar refractivity (Wildman–Crippen MR) is 69.5 cm³/mol. The fourth-order valence-electron chi connectivity index (χ4n) is 1.65. The highest BCUT2D eigenvalue weighted by atomic mass is 32.1. The molecule has 0 bridgehead atoms. The Hall–Kier alpha value is -0.600. The Morgan fingerprint density at radius 1 is 1.47 bits per heavy atom. The van der Waals surface area contributed by atoms with Crippen molar-refractivity contribution in [3.05, 3.63) is 34.5 Å². The van der Waals surface area contributed by atoms with Crippen molar-refractivity contribution < 1.29 is 0 Å². The van der Waals surface area contributed by atoms with Crippen LogP contribution < -0.4 is 5.32 Å². The van der Waals surface area contributed by atoms with E-state index in [9.17, 15) is 0 Å². The fraction of sp³-hybridized carbons (Fsp3) is 0.538. The van der Waals surface area contributed by atoms with Crippen molar-refractivity contribution in [3.63, 3.8) is 0 Å². The van der Waals surface area contributed by atoms with Gasteiger partial charge in [-0.2, -0.15) is 0 Å². The summed E-state index contributed by atoms with van der Waals surface area (Å²) < 4.78 is 0. The molecule has 15 heavy (non-hydrogen) atoms. The minimum absolute atomic E-state index is 0.462. The molecule has 0 amide bonds. The molecule has 0 saturated carbocycles. The van der Waals surface area contributed by atoms with Gasteiger partial charge in [0, 0.05) is 21.8 Å². The van der Waals surface area contributed by atoms with E-state index in [0.29, 0.717) is 12.1 Å². The van der Waals surface area contributed by atoms with E-state index >= 15 is 0 Å². The first kappa shape index (κ1) is 12.5. The minimum Gasteiger partial charge on any atom is -0.307 e. The number of hydrogen-bond donors (Lipinski definition) is 1. The molecule has 84 valence electrons.